The van der Waals surface area contributed by atoms with Crippen LogP contribution in [-0.2, 0) is 19.1 Å². The van der Waals surface area contributed by atoms with E-state index in [1.807, 2.05) is 0 Å². The molecule has 10 heteroatoms. The number of hydrogen-bond donors (Lipinski definition) is 5. The maximum absolute atomic E-state index is 14.3. The van der Waals surface area contributed by atoms with Crippen LogP contribution in [0.3, 0.4) is 0 Å². The SMILES string of the molecule is CC(=O)O[C@]1(CO)C2[C@H](OC(=O)c3ccccc3)[C@]3(O)C[C@H](O)C(C)=C([C@@H](O)C(=O)[C@]2(C)[C@@H](O)C[C@H]1C)C3(C)C. The Morgan fingerprint density at radius 2 is 1.68 bits per heavy atom. The van der Waals surface area contributed by atoms with Gasteiger partial charge in [-0.25, -0.2) is 4.79 Å². The van der Waals surface area contributed by atoms with E-state index in [2.05, 4.69) is 0 Å². The fourth-order valence-corrected chi connectivity index (χ4v) is 7.67. The van der Waals surface area contributed by atoms with E-state index < -0.39 is 82.6 Å². The first-order valence-corrected chi connectivity index (χ1v) is 13.6. The molecular weight excluding hydrogens is 520 g/mol. The second-order valence-electron chi connectivity index (χ2n) is 12.4. The van der Waals surface area contributed by atoms with Crippen molar-refractivity contribution in [1.82, 2.24) is 0 Å². The molecule has 2 bridgehead atoms. The normalized spacial score (nSPS) is 40.9. The number of esters is 2. The van der Waals surface area contributed by atoms with Crippen molar-refractivity contribution in [3.63, 3.8) is 0 Å². The van der Waals surface area contributed by atoms with Crippen LogP contribution in [-0.4, -0.2) is 85.5 Å². The summed E-state index contributed by atoms with van der Waals surface area (Å²) in [6, 6.07) is 7.95. The summed E-state index contributed by atoms with van der Waals surface area (Å²) in [5.41, 5.74) is -7.02. The van der Waals surface area contributed by atoms with Crippen molar-refractivity contribution in [2.75, 3.05) is 6.61 Å². The average molecular weight is 561 g/mol. The number of aliphatic hydroxyl groups is 5. The van der Waals surface area contributed by atoms with Crippen molar-refractivity contribution >= 4 is 17.7 Å². The molecule has 220 valence electrons. The second kappa shape index (κ2) is 10.0. The van der Waals surface area contributed by atoms with Crippen LogP contribution in [0.1, 0.15) is 64.7 Å². The summed E-state index contributed by atoms with van der Waals surface area (Å²) in [5.74, 6) is -4.82. The summed E-state index contributed by atoms with van der Waals surface area (Å²) in [7, 11) is 0. The Bertz CT molecular complexity index is 1220. The zero-order valence-electron chi connectivity index (χ0n) is 23.7. The molecule has 0 aliphatic heterocycles. The zero-order valence-corrected chi connectivity index (χ0v) is 23.7. The minimum Gasteiger partial charge on any atom is -0.456 e. The van der Waals surface area contributed by atoms with Gasteiger partial charge in [-0.3, -0.25) is 9.59 Å². The molecule has 1 aromatic carbocycles. The van der Waals surface area contributed by atoms with Gasteiger partial charge in [-0.2, -0.15) is 0 Å². The Balaban J connectivity index is 2.11. The third kappa shape index (κ3) is 4.07. The van der Waals surface area contributed by atoms with E-state index in [0.717, 1.165) is 6.92 Å². The van der Waals surface area contributed by atoms with Gasteiger partial charge >= 0.3 is 11.9 Å². The topological polar surface area (TPSA) is 171 Å². The monoisotopic (exact) mass is 560 g/mol. The van der Waals surface area contributed by atoms with Crippen LogP contribution >= 0.6 is 0 Å². The third-order valence-corrected chi connectivity index (χ3v) is 10.1. The standard InChI is InChI=1S/C30H40O10/c1-15-12-20(34)28(6)23(29(15,14-31)40-17(3)32)25(39-26(37)18-10-8-7-9-11-18)30(38)13-19(33)16(2)21(27(30,4)5)22(35)24(28)36/h7-11,15,19-20,22-23,25,31,33-35,38H,12-14H2,1-6H3/t15-,19+,20+,22-,23?,25+,28-,29+,30-/m1/s1. The summed E-state index contributed by atoms with van der Waals surface area (Å²) in [5, 5.41) is 57.8. The van der Waals surface area contributed by atoms with Crippen LogP contribution in [0.2, 0.25) is 0 Å². The van der Waals surface area contributed by atoms with Crippen molar-refractivity contribution in [3.05, 3.63) is 47.0 Å². The van der Waals surface area contributed by atoms with Crippen molar-refractivity contribution in [2.45, 2.75) is 90.0 Å². The number of aliphatic hydroxyl groups excluding tert-OH is 4. The zero-order chi connectivity index (χ0) is 30.0. The highest BCUT2D eigenvalue weighted by Gasteiger charge is 2.74. The van der Waals surface area contributed by atoms with E-state index in [-0.39, 0.29) is 29.6 Å². The maximum Gasteiger partial charge on any atom is 0.338 e. The molecule has 0 aromatic heterocycles. The number of hydrogen-bond acceptors (Lipinski definition) is 10. The first-order chi connectivity index (χ1) is 18.5. The summed E-state index contributed by atoms with van der Waals surface area (Å²) < 4.78 is 11.9. The van der Waals surface area contributed by atoms with Gasteiger partial charge in [0, 0.05) is 24.7 Å². The molecule has 0 spiro atoms. The minimum absolute atomic E-state index is 0.0621. The quantitative estimate of drug-likeness (QED) is 0.267. The molecule has 10 nitrogen and oxygen atoms in total. The Morgan fingerprint density at radius 3 is 2.23 bits per heavy atom. The van der Waals surface area contributed by atoms with E-state index in [9.17, 15) is 39.9 Å². The highest BCUT2D eigenvalue weighted by molar-refractivity contribution is 5.94. The molecule has 4 rings (SSSR count). The molecule has 0 amide bonds. The number of benzene rings is 1. The lowest BCUT2D eigenvalue weighted by Gasteiger charge is -2.64. The van der Waals surface area contributed by atoms with Gasteiger partial charge in [0.25, 0.3) is 0 Å². The van der Waals surface area contributed by atoms with Gasteiger partial charge in [0.05, 0.1) is 35.7 Å². The molecule has 0 saturated heterocycles. The van der Waals surface area contributed by atoms with Crippen LogP contribution in [0.5, 0.6) is 0 Å². The molecule has 0 heterocycles. The van der Waals surface area contributed by atoms with E-state index in [0.29, 0.717) is 0 Å². The smallest absolute Gasteiger partial charge is 0.338 e. The molecule has 5 N–H and O–H groups in total. The van der Waals surface area contributed by atoms with Crippen molar-refractivity contribution in [3.8, 4) is 0 Å². The maximum atomic E-state index is 14.3. The number of rotatable bonds is 4. The number of fused-ring (bicyclic) bond motifs is 3. The lowest BCUT2D eigenvalue weighted by Crippen LogP contribution is -2.77. The molecule has 3 aliphatic carbocycles. The molecule has 40 heavy (non-hydrogen) atoms. The molecule has 1 aromatic rings. The Labute approximate surface area is 233 Å². The highest BCUT2D eigenvalue weighted by atomic mass is 16.6. The van der Waals surface area contributed by atoms with E-state index in [4.69, 9.17) is 9.47 Å². The van der Waals surface area contributed by atoms with Gasteiger partial charge in [0.1, 0.15) is 23.4 Å². The van der Waals surface area contributed by atoms with Crippen LogP contribution < -0.4 is 0 Å². The van der Waals surface area contributed by atoms with Crippen molar-refractivity contribution in [2.24, 2.45) is 22.7 Å². The van der Waals surface area contributed by atoms with Gasteiger partial charge in [0.2, 0.25) is 0 Å². The van der Waals surface area contributed by atoms with Gasteiger partial charge in [-0.15, -0.1) is 0 Å². The van der Waals surface area contributed by atoms with Gasteiger partial charge < -0.3 is 35.0 Å². The number of ketones is 1. The van der Waals surface area contributed by atoms with Crippen LogP contribution in [0, 0.1) is 22.7 Å². The second-order valence-corrected chi connectivity index (χ2v) is 12.4. The molecule has 0 radical (unpaired) electrons. The van der Waals surface area contributed by atoms with Crippen molar-refractivity contribution in [1.29, 1.82) is 0 Å². The predicted molar refractivity (Wildman–Crippen MR) is 142 cm³/mol. The number of Topliss-reactive ketones (excluding diaryl/α,β-unsaturated/α-hetero) is 1. The fraction of sp³-hybridized carbons (Fsp3) is 0.633. The summed E-state index contributed by atoms with van der Waals surface area (Å²) in [6.07, 6.45) is -6.76. The Hall–Kier alpha value is -2.63. The van der Waals surface area contributed by atoms with Crippen molar-refractivity contribution < 1.29 is 49.4 Å². The summed E-state index contributed by atoms with van der Waals surface area (Å²) >= 11 is 0. The molecule has 2 saturated carbocycles. The molecular formula is C30H40O10. The molecule has 1 unspecified atom stereocenters. The predicted octanol–water partition coefficient (Wildman–Crippen LogP) is 1.31. The number of ether oxygens (including phenoxy) is 2. The first-order valence-electron chi connectivity index (χ1n) is 13.6. The summed E-state index contributed by atoms with van der Waals surface area (Å²) in [4.78, 5) is 40.4. The first kappa shape index (κ1) is 30.3. The van der Waals surface area contributed by atoms with Crippen LogP contribution in [0.25, 0.3) is 0 Å². The van der Waals surface area contributed by atoms with E-state index in [1.165, 1.54) is 19.1 Å². The van der Waals surface area contributed by atoms with Gasteiger partial charge in [-0.05, 0) is 43.5 Å². The van der Waals surface area contributed by atoms with Gasteiger partial charge in [-0.1, -0.05) is 39.0 Å². The molecule has 9 atom stereocenters. The van der Waals surface area contributed by atoms with E-state index >= 15 is 0 Å². The lowest BCUT2D eigenvalue weighted by molar-refractivity contribution is -0.279. The largest absolute Gasteiger partial charge is 0.456 e. The number of carbonyl (C=O) groups excluding carboxylic acids is 3. The van der Waals surface area contributed by atoms with E-state index in [1.54, 1.807) is 45.9 Å². The third-order valence-electron chi connectivity index (χ3n) is 10.1. The fourth-order valence-electron chi connectivity index (χ4n) is 7.67. The Morgan fingerprint density at radius 1 is 1.07 bits per heavy atom. The minimum atomic E-state index is -2.16. The summed E-state index contributed by atoms with van der Waals surface area (Å²) in [6.45, 7) is 8.01. The number of carbonyl (C=O) groups is 3. The highest BCUT2D eigenvalue weighted by Crippen LogP contribution is 2.62. The lowest BCUT2D eigenvalue weighted by atomic mass is 9.44. The molecule has 3 aliphatic rings. The average Bonchev–Trinajstić information content (AvgIpc) is 2.89. The Kier molecular flexibility index (Phi) is 7.60. The van der Waals surface area contributed by atoms with Crippen LogP contribution in [0.15, 0.2) is 41.5 Å². The molecule has 2 fully saturated rings. The van der Waals surface area contributed by atoms with Crippen LogP contribution in [0.4, 0.5) is 0 Å². The van der Waals surface area contributed by atoms with Gasteiger partial charge in [0.15, 0.2) is 5.78 Å².